The van der Waals surface area contributed by atoms with Crippen LogP contribution in [0.3, 0.4) is 0 Å². The predicted octanol–water partition coefficient (Wildman–Crippen LogP) is 1.64. The molecule has 0 aliphatic carbocycles. The van der Waals surface area contributed by atoms with E-state index in [0.717, 1.165) is 12.1 Å². The van der Waals surface area contributed by atoms with Crippen molar-refractivity contribution in [2.45, 2.75) is 19.4 Å². The molecule has 82 valence electrons. The van der Waals surface area contributed by atoms with Crippen molar-refractivity contribution in [1.29, 1.82) is 0 Å². The van der Waals surface area contributed by atoms with Crippen LogP contribution >= 0.6 is 0 Å². The summed E-state index contributed by atoms with van der Waals surface area (Å²) in [5, 5.41) is 2.10. The highest BCUT2D eigenvalue weighted by molar-refractivity contribution is 5.97. The minimum absolute atomic E-state index is 0.471. The zero-order chi connectivity index (χ0) is 11.6. The predicted molar refractivity (Wildman–Crippen MR) is 53.3 cm³/mol. The molecular formula is C10H12F2N2O. The van der Waals surface area contributed by atoms with Gasteiger partial charge in [0.15, 0.2) is 0 Å². The summed E-state index contributed by atoms with van der Waals surface area (Å²) in [7, 11) is 0. The van der Waals surface area contributed by atoms with Crippen LogP contribution in [0.15, 0.2) is 18.2 Å². The van der Waals surface area contributed by atoms with Crippen LogP contribution in [0.2, 0.25) is 0 Å². The van der Waals surface area contributed by atoms with Gasteiger partial charge in [-0.3, -0.25) is 4.79 Å². The first-order chi connectivity index (χ1) is 6.82. The van der Waals surface area contributed by atoms with Gasteiger partial charge in [0.25, 0.3) is 0 Å². The fourth-order valence-corrected chi connectivity index (χ4v) is 0.892. The first-order valence-electron chi connectivity index (χ1n) is 4.36. The number of carbonyl (C=O) groups excluding carboxylic acids is 1. The number of para-hydroxylation sites is 1. The highest BCUT2D eigenvalue weighted by Gasteiger charge is 2.23. The molecule has 0 atom stereocenters. The normalized spacial score (nSPS) is 11.3. The topological polar surface area (TPSA) is 55.1 Å². The van der Waals surface area contributed by atoms with E-state index in [-0.39, 0.29) is 0 Å². The lowest BCUT2D eigenvalue weighted by Gasteiger charge is -2.18. The lowest BCUT2D eigenvalue weighted by Crippen LogP contribution is -2.45. The van der Waals surface area contributed by atoms with Crippen molar-refractivity contribution >= 4 is 11.6 Å². The quantitative estimate of drug-likeness (QED) is 0.786. The molecule has 0 aromatic heterocycles. The summed E-state index contributed by atoms with van der Waals surface area (Å²) in [6.45, 7) is 2.89. The lowest BCUT2D eigenvalue weighted by molar-refractivity contribution is -0.120. The molecule has 3 nitrogen and oxygen atoms in total. The number of hydrogen-bond acceptors (Lipinski definition) is 2. The van der Waals surface area contributed by atoms with Gasteiger partial charge >= 0.3 is 0 Å². The molecule has 15 heavy (non-hydrogen) atoms. The van der Waals surface area contributed by atoms with E-state index in [1.165, 1.54) is 19.9 Å². The molecule has 3 N–H and O–H groups in total. The number of nitrogens with two attached hydrogens (primary N) is 1. The average molecular weight is 214 g/mol. The minimum atomic E-state index is -1.19. The molecule has 0 saturated carbocycles. The number of amides is 1. The minimum Gasteiger partial charge on any atom is -0.320 e. The molecule has 1 aromatic carbocycles. The second-order valence-electron chi connectivity index (χ2n) is 3.77. The lowest BCUT2D eigenvalue weighted by atomic mass is 10.1. The molecule has 0 radical (unpaired) electrons. The van der Waals surface area contributed by atoms with Crippen molar-refractivity contribution in [2.75, 3.05) is 5.32 Å². The van der Waals surface area contributed by atoms with Gasteiger partial charge in [-0.25, -0.2) is 8.78 Å². The molecule has 0 fully saturated rings. The molecule has 0 saturated heterocycles. The maximum absolute atomic E-state index is 13.1. The van der Waals surface area contributed by atoms with Crippen molar-refractivity contribution in [3.63, 3.8) is 0 Å². The number of nitrogens with one attached hydrogen (secondary N) is 1. The number of hydrogen-bond donors (Lipinski definition) is 2. The molecule has 0 aliphatic heterocycles. The highest BCUT2D eigenvalue weighted by Crippen LogP contribution is 2.18. The number of benzene rings is 1. The van der Waals surface area contributed by atoms with Crippen LogP contribution in [-0.2, 0) is 4.79 Å². The van der Waals surface area contributed by atoms with Crippen LogP contribution in [-0.4, -0.2) is 11.4 Å². The van der Waals surface area contributed by atoms with E-state index < -0.39 is 28.8 Å². The SMILES string of the molecule is CC(C)(N)C(=O)Nc1c(F)cccc1F. The summed E-state index contributed by atoms with van der Waals surface area (Å²) in [5.41, 5.74) is 3.81. The van der Waals surface area contributed by atoms with Gasteiger partial charge in [-0.2, -0.15) is 0 Å². The number of anilines is 1. The number of carbonyl (C=O) groups is 1. The van der Waals surface area contributed by atoms with E-state index in [9.17, 15) is 13.6 Å². The van der Waals surface area contributed by atoms with Gasteiger partial charge < -0.3 is 11.1 Å². The third-order valence-electron chi connectivity index (χ3n) is 1.79. The van der Waals surface area contributed by atoms with Gasteiger partial charge in [-0.1, -0.05) is 6.07 Å². The summed E-state index contributed by atoms with van der Waals surface area (Å²) in [6, 6.07) is 3.33. The van der Waals surface area contributed by atoms with Crippen LogP contribution < -0.4 is 11.1 Å². The van der Waals surface area contributed by atoms with Crippen LogP contribution in [0.5, 0.6) is 0 Å². The van der Waals surface area contributed by atoms with E-state index in [2.05, 4.69) is 5.32 Å². The second-order valence-corrected chi connectivity index (χ2v) is 3.77. The summed E-state index contributed by atoms with van der Waals surface area (Å²) >= 11 is 0. The molecule has 0 heterocycles. The molecule has 1 aromatic rings. The fourth-order valence-electron chi connectivity index (χ4n) is 0.892. The Labute approximate surface area is 86.3 Å². The van der Waals surface area contributed by atoms with Crippen LogP contribution in [0.4, 0.5) is 14.5 Å². The van der Waals surface area contributed by atoms with Crippen LogP contribution in [0.25, 0.3) is 0 Å². The molecule has 1 amide bonds. The molecule has 5 heteroatoms. The first-order valence-corrected chi connectivity index (χ1v) is 4.36. The standard InChI is InChI=1S/C10H12F2N2O/c1-10(2,13)9(15)14-8-6(11)4-3-5-7(8)12/h3-5H,13H2,1-2H3,(H,14,15). The van der Waals surface area contributed by atoms with Gasteiger partial charge in [0.1, 0.15) is 17.3 Å². The summed E-state index contributed by atoms with van der Waals surface area (Å²) in [4.78, 5) is 11.4. The monoisotopic (exact) mass is 214 g/mol. The van der Waals surface area contributed by atoms with E-state index in [4.69, 9.17) is 5.73 Å². The maximum atomic E-state index is 13.1. The molecule has 1 rings (SSSR count). The zero-order valence-electron chi connectivity index (χ0n) is 8.47. The average Bonchev–Trinajstić information content (AvgIpc) is 2.09. The summed E-state index contributed by atoms with van der Waals surface area (Å²) < 4.78 is 26.2. The van der Waals surface area contributed by atoms with Crippen molar-refractivity contribution in [2.24, 2.45) is 5.73 Å². The van der Waals surface area contributed by atoms with E-state index >= 15 is 0 Å². The fraction of sp³-hybridized carbons (Fsp3) is 0.300. The Balaban J connectivity index is 2.95. The van der Waals surface area contributed by atoms with Crippen molar-refractivity contribution in [3.05, 3.63) is 29.8 Å². The Morgan fingerprint density at radius 3 is 2.20 bits per heavy atom. The smallest absolute Gasteiger partial charge is 0.244 e. The van der Waals surface area contributed by atoms with Crippen molar-refractivity contribution in [3.8, 4) is 0 Å². The molecule has 0 unspecified atom stereocenters. The van der Waals surface area contributed by atoms with E-state index in [1.54, 1.807) is 0 Å². The Morgan fingerprint density at radius 2 is 1.80 bits per heavy atom. The third kappa shape index (κ3) is 2.73. The van der Waals surface area contributed by atoms with Crippen molar-refractivity contribution < 1.29 is 13.6 Å². The summed E-state index contributed by atoms with van der Waals surface area (Å²) in [6.07, 6.45) is 0. The largest absolute Gasteiger partial charge is 0.320 e. The van der Waals surface area contributed by atoms with Gasteiger partial charge in [0.05, 0.1) is 5.54 Å². The zero-order valence-corrected chi connectivity index (χ0v) is 8.47. The van der Waals surface area contributed by atoms with Gasteiger partial charge in [-0.05, 0) is 26.0 Å². The number of halogens is 2. The molecular weight excluding hydrogens is 202 g/mol. The first kappa shape index (κ1) is 11.6. The van der Waals surface area contributed by atoms with E-state index in [0.29, 0.717) is 0 Å². The Bertz CT molecular complexity index is 365. The Kier molecular flexibility index (Phi) is 3.04. The Morgan fingerprint density at radius 1 is 1.33 bits per heavy atom. The van der Waals surface area contributed by atoms with Gasteiger partial charge in [-0.15, -0.1) is 0 Å². The Hall–Kier alpha value is -1.49. The van der Waals surface area contributed by atoms with Crippen molar-refractivity contribution in [1.82, 2.24) is 0 Å². The second kappa shape index (κ2) is 3.94. The van der Waals surface area contributed by atoms with E-state index in [1.807, 2.05) is 0 Å². The molecule has 0 aliphatic rings. The molecule has 0 bridgehead atoms. The number of rotatable bonds is 2. The van der Waals surface area contributed by atoms with Gasteiger partial charge in [0.2, 0.25) is 5.91 Å². The highest BCUT2D eigenvalue weighted by atomic mass is 19.1. The molecule has 0 spiro atoms. The maximum Gasteiger partial charge on any atom is 0.244 e. The van der Waals surface area contributed by atoms with Crippen LogP contribution in [0, 0.1) is 11.6 Å². The van der Waals surface area contributed by atoms with Crippen LogP contribution in [0.1, 0.15) is 13.8 Å². The third-order valence-corrected chi connectivity index (χ3v) is 1.79. The van der Waals surface area contributed by atoms with Gasteiger partial charge in [0, 0.05) is 0 Å². The summed E-state index contributed by atoms with van der Waals surface area (Å²) in [5.74, 6) is -2.30.